The molecule has 0 fully saturated rings. The Labute approximate surface area is 105 Å². The Hall–Kier alpha value is -1.45. The number of pyridine rings is 1. The van der Waals surface area contributed by atoms with Gasteiger partial charge in [-0.3, -0.25) is 0 Å². The number of hydrogen-bond acceptors (Lipinski definition) is 5. The van der Waals surface area contributed by atoms with Crippen molar-refractivity contribution >= 4 is 27.7 Å². The van der Waals surface area contributed by atoms with Crippen molar-refractivity contribution in [3.05, 3.63) is 40.9 Å². The Morgan fingerprint density at radius 3 is 2.62 bits per heavy atom. The van der Waals surface area contributed by atoms with E-state index in [0.29, 0.717) is 10.7 Å². The number of hydrogen-bond donors (Lipinski definition) is 0. The maximum absolute atomic E-state index is 8.87. The highest BCUT2D eigenvalue weighted by molar-refractivity contribution is 9.10. The lowest BCUT2D eigenvalue weighted by atomic mass is 10.5. The average Bonchev–Trinajstić information content (AvgIpc) is 2.33. The normalized spacial score (nSPS) is 9.75. The van der Waals surface area contributed by atoms with E-state index in [1.807, 2.05) is 18.2 Å². The maximum Gasteiger partial charge on any atom is 0.173 e. The van der Waals surface area contributed by atoms with Crippen LogP contribution >= 0.6 is 27.7 Å². The monoisotopic (exact) mass is 292 g/mol. The highest BCUT2D eigenvalue weighted by atomic mass is 79.9. The smallest absolute Gasteiger partial charge is 0.173 e. The molecule has 0 atom stereocenters. The molecule has 2 aromatic rings. The Bertz CT molecular complexity index is 553. The molecular weight excluding hydrogens is 288 g/mol. The van der Waals surface area contributed by atoms with Crippen LogP contribution in [0.15, 0.2) is 45.2 Å². The highest BCUT2D eigenvalue weighted by Gasteiger charge is 2.09. The molecule has 0 radical (unpaired) electrons. The molecule has 2 rings (SSSR count). The summed E-state index contributed by atoms with van der Waals surface area (Å²) >= 11 is 4.70. The molecule has 0 aliphatic heterocycles. The third-order valence-corrected chi connectivity index (χ3v) is 3.60. The number of halogens is 1. The quantitative estimate of drug-likeness (QED) is 0.851. The van der Waals surface area contributed by atoms with Crippen LogP contribution in [0.25, 0.3) is 0 Å². The van der Waals surface area contributed by atoms with Gasteiger partial charge in [0.1, 0.15) is 16.1 Å². The van der Waals surface area contributed by atoms with E-state index < -0.39 is 0 Å². The lowest BCUT2D eigenvalue weighted by molar-refractivity contribution is 1.01. The van der Waals surface area contributed by atoms with Crippen LogP contribution in [0.3, 0.4) is 0 Å². The number of aromatic nitrogens is 3. The van der Waals surface area contributed by atoms with Crippen LogP contribution in [0, 0.1) is 11.3 Å². The molecule has 0 aromatic carbocycles. The predicted octanol–water partition coefficient (Wildman–Crippen LogP) is 2.66. The molecular formula is C10H5BrN4S. The van der Waals surface area contributed by atoms with Gasteiger partial charge in [-0.25, -0.2) is 15.0 Å². The van der Waals surface area contributed by atoms with Crippen molar-refractivity contribution in [1.82, 2.24) is 15.0 Å². The molecule has 2 heterocycles. The molecule has 4 nitrogen and oxygen atoms in total. The Morgan fingerprint density at radius 2 is 1.88 bits per heavy atom. The first-order valence-electron chi connectivity index (χ1n) is 4.30. The zero-order chi connectivity index (χ0) is 11.4. The van der Waals surface area contributed by atoms with Crippen molar-refractivity contribution in [2.24, 2.45) is 0 Å². The van der Waals surface area contributed by atoms with Gasteiger partial charge in [0, 0.05) is 18.6 Å². The van der Waals surface area contributed by atoms with Crippen molar-refractivity contribution < 1.29 is 0 Å². The Kier molecular flexibility index (Phi) is 3.49. The van der Waals surface area contributed by atoms with Crippen LogP contribution in [0.4, 0.5) is 0 Å². The van der Waals surface area contributed by atoms with E-state index in [2.05, 4.69) is 30.9 Å². The van der Waals surface area contributed by atoms with Gasteiger partial charge in [-0.15, -0.1) is 0 Å². The van der Waals surface area contributed by atoms with Gasteiger partial charge >= 0.3 is 0 Å². The van der Waals surface area contributed by atoms with E-state index in [-0.39, 0.29) is 0 Å². The molecule has 0 spiro atoms. The fraction of sp³-hybridized carbons (Fsp3) is 0. The zero-order valence-corrected chi connectivity index (χ0v) is 10.4. The van der Waals surface area contributed by atoms with Crippen molar-refractivity contribution in [2.45, 2.75) is 10.1 Å². The number of nitriles is 1. The topological polar surface area (TPSA) is 62.5 Å². The second-order valence-electron chi connectivity index (χ2n) is 2.71. The minimum atomic E-state index is 0.310. The van der Waals surface area contributed by atoms with E-state index in [1.54, 1.807) is 12.4 Å². The van der Waals surface area contributed by atoms with Crippen LogP contribution in [-0.2, 0) is 0 Å². The molecule has 0 saturated carbocycles. The molecule has 0 aliphatic carbocycles. The summed E-state index contributed by atoms with van der Waals surface area (Å²) in [7, 11) is 0. The minimum Gasteiger partial charge on any atom is -0.248 e. The molecule has 0 aliphatic rings. The molecule has 6 heteroatoms. The fourth-order valence-electron chi connectivity index (χ4n) is 1.01. The summed E-state index contributed by atoms with van der Waals surface area (Å²) in [5.74, 6) is 0. The van der Waals surface area contributed by atoms with E-state index in [4.69, 9.17) is 5.26 Å². The lowest BCUT2D eigenvalue weighted by Crippen LogP contribution is -1.90. The van der Waals surface area contributed by atoms with Crippen LogP contribution in [-0.4, -0.2) is 15.0 Å². The molecule has 0 saturated heterocycles. The standard InChI is InChI=1S/C10H5BrN4S/c11-7-2-1-3-14-9(7)16-10-8(6-12)13-4-5-15-10/h1-5H. The molecule has 0 bridgehead atoms. The summed E-state index contributed by atoms with van der Waals surface area (Å²) in [5, 5.41) is 10.2. The number of nitrogens with zero attached hydrogens (tertiary/aromatic N) is 4. The van der Waals surface area contributed by atoms with Gasteiger partial charge in [-0.2, -0.15) is 5.26 Å². The molecule has 78 valence electrons. The third-order valence-electron chi connectivity index (χ3n) is 1.69. The SMILES string of the molecule is N#Cc1nccnc1Sc1ncccc1Br. The molecule has 0 amide bonds. The highest BCUT2D eigenvalue weighted by Crippen LogP contribution is 2.30. The largest absolute Gasteiger partial charge is 0.248 e. The van der Waals surface area contributed by atoms with Gasteiger partial charge in [0.05, 0.1) is 4.47 Å². The van der Waals surface area contributed by atoms with Gasteiger partial charge in [0.25, 0.3) is 0 Å². The Balaban J connectivity index is 2.35. The summed E-state index contributed by atoms with van der Waals surface area (Å²) in [6.07, 6.45) is 4.74. The van der Waals surface area contributed by atoms with Crippen LogP contribution in [0.5, 0.6) is 0 Å². The van der Waals surface area contributed by atoms with E-state index in [9.17, 15) is 0 Å². The van der Waals surface area contributed by atoms with Crippen molar-refractivity contribution in [3.63, 3.8) is 0 Å². The molecule has 2 aromatic heterocycles. The average molecular weight is 293 g/mol. The maximum atomic E-state index is 8.87. The minimum absolute atomic E-state index is 0.310. The summed E-state index contributed by atoms with van der Waals surface area (Å²) in [5.41, 5.74) is 0.310. The van der Waals surface area contributed by atoms with Gasteiger partial charge < -0.3 is 0 Å². The van der Waals surface area contributed by atoms with Gasteiger partial charge in [-0.05, 0) is 39.8 Å². The van der Waals surface area contributed by atoms with E-state index in [0.717, 1.165) is 9.50 Å². The second-order valence-corrected chi connectivity index (χ2v) is 4.55. The van der Waals surface area contributed by atoms with Crippen molar-refractivity contribution in [1.29, 1.82) is 5.26 Å². The predicted molar refractivity (Wildman–Crippen MR) is 62.8 cm³/mol. The van der Waals surface area contributed by atoms with Crippen LogP contribution in [0.1, 0.15) is 5.69 Å². The van der Waals surface area contributed by atoms with E-state index in [1.165, 1.54) is 18.0 Å². The first-order valence-corrected chi connectivity index (χ1v) is 5.91. The first kappa shape index (κ1) is 11.0. The fourth-order valence-corrected chi connectivity index (χ4v) is 2.28. The van der Waals surface area contributed by atoms with Crippen molar-refractivity contribution in [3.8, 4) is 6.07 Å². The summed E-state index contributed by atoms with van der Waals surface area (Å²) in [4.78, 5) is 12.2. The number of rotatable bonds is 2. The summed E-state index contributed by atoms with van der Waals surface area (Å²) < 4.78 is 0.870. The third kappa shape index (κ3) is 2.38. The molecule has 0 unspecified atom stereocenters. The zero-order valence-electron chi connectivity index (χ0n) is 7.96. The van der Waals surface area contributed by atoms with E-state index >= 15 is 0 Å². The summed E-state index contributed by atoms with van der Waals surface area (Å²) in [6.45, 7) is 0. The van der Waals surface area contributed by atoms with Crippen LogP contribution in [0.2, 0.25) is 0 Å². The van der Waals surface area contributed by atoms with Gasteiger partial charge in [-0.1, -0.05) is 0 Å². The second kappa shape index (κ2) is 5.05. The lowest BCUT2D eigenvalue weighted by Gasteiger charge is -2.02. The Morgan fingerprint density at radius 1 is 1.12 bits per heavy atom. The molecule has 0 N–H and O–H groups in total. The first-order chi connectivity index (χ1) is 7.81. The summed E-state index contributed by atoms with van der Waals surface area (Å²) in [6, 6.07) is 5.71. The molecule has 16 heavy (non-hydrogen) atoms. The van der Waals surface area contributed by atoms with Gasteiger partial charge in [0.2, 0.25) is 0 Å². The van der Waals surface area contributed by atoms with Gasteiger partial charge in [0.15, 0.2) is 5.69 Å². The van der Waals surface area contributed by atoms with Crippen LogP contribution < -0.4 is 0 Å². The van der Waals surface area contributed by atoms with Crippen molar-refractivity contribution in [2.75, 3.05) is 0 Å².